The molecule has 28 heavy (non-hydrogen) atoms. The molecule has 0 aliphatic rings. The number of aryl methyl sites for hydroxylation is 1. The van der Waals surface area contributed by atoms with E-state index in [0.29, 0.717) is 26.9 Å². The molecule has 0 unspecified atom stereocenters. The first-order valence-corrected chi connectivity index (χ1v) is 9.31. The summed E-state index contributed by atoms with van der Waals surface area (Å²) in [6.45, 7) is 1.99. The zero-order chi connectivity index (χ0) is 20.1. The van der Waals surface area contributed by atoms with Gasteiger partial charge in [0.15, 0.2) is 5.57 Å². The number of rotatable bonds is 3. The summed E-state index contributed by atoms with van der Waals surface area (Å²) in [5, 5.41) is 27.6. The third-order valence-electron chi connectivity index (χ3n) is 4.21. The second-order valence-corrected chi connectivity index (χ2v) is 6.90. The van der Waals surface area contributed by atoms with Crippen molar-refractivity contribution in [2.24, 2.45) is 0 Å². The van der Waals surface area contributed by atoms with Crippen LogP contribution >= 0.6 is 11.3 Å². The zero-order valence-corrected chi connectivity index (χ0v) is 15.8. The van der Waals surface area contributed by atoms with Crippen molar-refractivity contribution in [1.29, 1.82) is 15.8 Å². The minimum atomic E-state index is -0.284. The summed E-state index contributed by atoms with van der Waals surface area (Å²) in [7, 11) is 0. The maximum absolute atomic E-state index is 13.2. The number of nitrogens with zero attached hydrogens (tertiary/aromatic N) is 4. The Morgan fingerprint density at radius 1 is 1.07 bits per heavy atom. The van der Waals surface area contributed by atoms with Crippen LogP contribution in [0, 0.1) is 34.0 Å². The average Bonchev–Trinajstić information content (AvgIpc) is 3.05. The van der Waals surface area contributed by atoms with Crippen LogP contribution in [0.2, 0.25) is 0 Å². The number of aromatic nitrogens is 1. The van der Waals surface area contributed by atoms with E-state index in [0.717, 1.165) is 22.5 Å². The highest BCUT2D eigenvalue weighted by Gasteiger charge is 2.13. The highest BCUT2D eigenvalue weighted by molar-refractivity contribution is 7.07. The summed E-state index contributed by atoms with van der Waals surface area (Å²) in [6.07, 6.45) is 2.41. The Kier molecular flexibility index (Phi) is 5.51. The molecular weight excluding hydrogens is 368 g/mol. The summed E-state index contributed by atoms with van der Waals surface area (Å²) in [4.78, 5) is 13.2. The van der Waals surface area contributed by atoms with Gasteiger partial charge in [0.2, 0.25) is 0 Å². The lowest BCUT2D eigenvalue weighted by atomic mass is 10.1. The topological polar surface area (TPSA) is 93.4 Å². The van der Waals surface area contributed by atoms with Gasteiger partial charge >= 0.3 is 0 Å². The molecule has 134 valence electrons. The third-order valence-corrected chi connectivity index (χ3v) is 5.30. The Bertz CT molecular complexity index is 1320. The predicted octanol–water partition coefficient (Wildman–Crippen LogP) is 2.36. The molecule has 1 aromatic heterocycles. The van der Waals surface area contributed by atoms with Crippen LogP contribution in [0.5, 0.6) is 0 Å². The van der Waals surface area contributed by atoms with Crippen molar-refractivity contribution in [2.45, 2.75) is 13.3 Å². The Hall–Kier alpha value is -3.92. The summed E-state index contributed by atoms with van der Waals surface area (Å²) in [6, 6.07) is 20.1. The first-order chi connectivity index (χ1) is 13.6. The van der Waals surface area contributed by atoms with Gasteiger partial charge in [-0.3, -0.25) is 9.36 Å². The summed E-state index contributed by atoms with van der Waals surface area (Å²) in [5.41, 5.74) is 2.52. The molecule has 5 nitrogen and oxygen atoms in total. The minimum Gasteiger partial charge on any atom is -0.267 e. The molecule has 3 rings (SSSR count). The SMILES string of the molecule is CCc1ccccc1-n1c(=C(C#N)C#N)s/c(=C/c2ccc(C#N)cc2)c1=O. The number of hydrogen-bond donors (Lipinski definition) is 0. The molecule has 0 aliphatic carbocycles. The van der Waals surface area contributed by atoms with E-state index in [4.69, 9.17) is 5.26 Å². The van der Waals surface area contributed by atoms with Crippen molar-refractivity contribution < 1.29 is 0 Å². The first-order valence-electron chi connectivity index (χ1n) is 8.49. The molecule has 0 fully saturated rings. The molecule has 0 amide bonds. The van der Waals surface area contributed by atoms with Gasteiger partial charge < -0.3 is 0 Å². The quantitative estimate of drug-likeness (QED) is 0.695. The van der Waals surface area contributed by atoms with Crippen molar-refractivity contribution in [3.63, 3.8) is 0 Å². The van der Waals surface area contributed by atoms with Crippen LogP contribution in [-0.2, 0) is 6.42 Å². The van der Waals surface area contributed by atoms with Crippen LogP contribution in [0.3, 0.4) is 0 Å². The lowest BCUT2D eigenvalue weighted by Crippen LogP contribution is -2.31. The number of thiazole rings is 1. The minimum absolute atomic E-state index is 0.104. The van der Waals surface area contributed by atoms with Crippen molar-refractivity contribution >= 4 is 23.0 Å². The highest BCUT2D eigenvalue weighted by atomic mass is 32.1. The maximum atomic E-state index is 13.2. The van der Waals surface area contributed by atoms with Crippen molar-refractivity contribution in [1.82, 2.24) is 4.57 Å². The van der Waals surface area contributed by atoms with Crippen molar-refractivity contribution in [3.8, 4) is 23.9 Å². The molecule has 0 atom stereocenters. The van der Waals surface area contributed by atoms with E-state index in [9.17, 15) is 15.3 Å². The molecule has 0 spiro atoms. The van der Waals surface area contributed by atoms with Gasteiger partial charge in [0.05, 0.1) is 21.9 Å². The van der Waals surface area contributed by atoms with Crippen LogP contribution in [0.1, 0.15) is 23.6 Å². The number of benzene rings is 2. The van der Waals surface area contributed by atoms with E-state index in [1.54, 1.807) is 30.3 Å². The standard InChI is InChI=1S/C22H14N4OS/c1-2-17-5-3-4-6-19(17)26-21(27)20(28-22(26)18(13-24)14-25)11-15-7-9-16(12-23)10-8-15/h3-11H,2H2,1H3/b20-11+. The third kappa shape index (κ3) is 3.48. The van der Waals surface area contributed by atoms with E-state index >= 15 is 0 Å². The van der Waals surface area contributed by atoms with Gasteiger partial charge in [0, 0.05) is 0 Å². The van der Waals surface area contributed by atoms with Crippen LogP contribution in [-0.4, -0.2) is 4.57 Å². The monoisotopic (exact) mass is 382 g/mol. The molecule has 0 bridgehead atoms. The fourth-order valence-electron chi connectivity index (χ4n) is 2.82. The highest BCUT2D eigenvalue weighted by Crippen LogP contribution is 2.12. The molecule has 0 aliphatic heterocycles. The van der Waals surface area contributed by atoms with E-state index < -0.39 is 0 Å². The molecule has 1 heterocycles. The smallest absolute Gasteiger partial charge is 0.267 e. The lowest BCUT2D eigenvalue weighted by Gasteiger charge is -2.08. The van der Waals surface area contributed by atoms with Gasteiger partial charge in [-0.1, -0.05) is 37.3 Å². The van der Waals surface area contributed by atoms with E-state index in [2.05, 4.69) is 6.07 Å². The molecule has 3 aromatic rings. The normalized spacial score (nSPS) is 10.7. The number of nitriles is 3. The summed E-state index contributed by atoms with van der Waals surface area (Å²) < 4.78 is 2.17. The fourth-order valence-corrected chi connectivity index (χ4v) is 3.87. The van der Waals surface area contributed by atoms with Gasteiger partial charge in [0.25, 0.3) is 5.56 Å². The molecular formula is C22H14N4OS. The van der Waals surface area contributed by atoms with E-state index in [1.165, 1.54) is 4.57 Å². The van der Waals surface area contributed by atoms with E-state index in [-0.39, 0.29) is 11.1 Å². The molecule has 0 N–H and O–H groups in total. The van der Waals surface area contributed by atoms with Crippen LogP contribution in [0.4, 0.5) is 0 Å². The van der Waals surface area contributed by atoms with Gasteiger partial charge in [0.1, 0.15) is 16.8 Å². The number of hydrogen-bond acceptors (Lipinski definition) is 5. The molecule has 0 saturated heterocycles. The Labute approximate surface area is 165 Å². The molecule has 0 saturated carbocycles. The van der Waals surface area contributed by atoms with Gasteiger partial charge in [-0.25, -0.2) is 0 Å². The van der Waals surface area contributed by atoms with Crippen LogP contribution < -0.4 is 14.8 Å². The first kappa shape index (κ1) is 18.9. The number of para-hydroxylation sites is 1. The van der Waals surface area contributed by atoms with Gasteiger partial charge in [-0.15, -0.1) is 11.3 Å². The second kappa shape index (κ2) is 8.18. The average molecular weight is 382 g/mol. The Balaban J connectivity index is 2.38. The zero-order valence-electron chi connectivity index (χ0n) is 15.0. The lowest BCUT2D eigenvalue weighted by molar-refractivity contribution is 0.953. The largest absolute Gasteiger partial charge is 0.273 e. The molecule has 6 heteroatoms. The van der Waals surface area contributed by atoms with Gasteiger partial charge in [-0.05, 0) is 41.8 Å². The van der Waals surface area contributed by atoms with Crippen molar-refractivity contribution in [2.75, 3.05) is 0 Å². The fraction of sp³-hybridized carbons (Fsp3) is 0.0909. The maximum Gasteiger partial charge on any atom is 0.273 e. The predicted molar refractivity (Wildman–Crippen MR) is 108 cm³/mol. The van der Waals surface area contributed by atoms with Crippen LogP contribution in [0.15, 0.2) is 53.3 Å². The second-order valence-electron chi connectivity index (χ2n) is 5.87. The summed E-state index contributed by atoms with van der Waals surface area (Å²) in [5.74, 6) is 0. The summed E-state index contributed by atoms with van der Waals surface area (Å²) >= 11 is 1.11. The van der Waals surface area contributed by atoms with Crippen LogP contribution in [0.25, 0.3) is 17.3 Å². The Morgan fingerprint density at radius 3 is 2.36 bits per heavy atom. The molecule has 2 aromatic carbocycles. The Morgan fingerprint density at radius 2 is 1.75 bits per heavy atom. The van der Waals surface area contributed by atoms with E-state index in [1.807, 2.05) is 43.3 Å². The molecule has 0 radical (unpaired) electrons. The van der Waals surface area contributed by atoms with Crippen molar-refractivity contribution in [3.05, 3.63) is 84.8 Å². The van der Waals surface area contributed by atoms with Gasteiger partial charge in [-0.2, -0.15) is 15.8 Å².